The van der Waals surface area contributed by atoms with Gasteiger partial charge in [0.15, 0.2) is 0 Å². The number of nitro groups is 1. The third-order valence-electron chi connectivity index (χ3n) is 2.98. The van der Waals surface area contributed by atoms with E-state index in [1.807, 2.05) is 30.3 Å². The van der Waals surface area contributed by atoms with Gasteiger partial charge in [-0.25, -0.2) is 0 Å². The first-order valence-electron chi connectivity index (χ1n) is 6.46. The van der Waals surface area contributed by atoms with Gasteiger partial charge in [0.2, 0.25) is 0 Å². The Kier molecular flexibility index (Phi) is 5.06. The standard InChI is InChI=1S/C16H13BrN2O3/c1-11-9-13(19(21)22)7-8-15(11)18-16(20)14(17)10-12-5-3-2-4-6-12/h2-10H,1H3,(H,18,20). The number of nitrogens with zero attached hydrogens (tertiary/aromatic N) is 1. The maximum atomic E-state index is 12.1. The summed E-state index contributed by atoms with van der Waals surface area (Å²) >= 11 is 3.24. The predicted octanol–water partition coefficient (Wildman–Crippen LogP) is 4.28. The number of non-ortho nitro benzene ring substituents is 1. The molecule has 2 aromatic carbocycles. The van der Waals surface area contributed by atoms with Crippen LogP contribution in [-0.4, -0.2) is 10.8 Å². The Morgan fingerprint density at radius 3 is 2.50 bits per heavy atom. The van der Waals surface area contributed by atoms with E-state index in [1.54, 1.807) is 13.0 Å². The van der Waals surface area contributed by atoms with Crippen LogP contribution >= 0.6 is 15.9 Å². The Labute approximate surface area is 135 Å². The fourth-order valence-corrected chi connectivity index (χ4v) is 2.21. The number of benzene rings is 2. The number of aryl methyl sites for hydroxylation is 1. The van der Waals surface area contributed by atoms with E-state index in [-0.39, 0.29) is 11.6 Å². The molecule has 0 unspecified atom stereocenters. The largest absolute Gasteiger partial charge is 0.321 e. The number of rotatable bonds is 4. The van der Waals surface area contributed by atoms with E-state index in [1.165, 1.54) is 18.2 Å². The van der Waals surface area contributed by atoms with Crippen molar-refractivity contribution in [2.45, 2.75) is 6.92 Å². The average Bonchev–Trinajstić information content (AvgIpc) is 2.50. The van der Waals surface area contributed by atoms with Crippen LogP contribution in [0.3, 0.4) is 0 Å². The van der Waals surface area contributed by atoms with E-state index < -0.39 is 4.92 Å². The van der Waals surface area contributed by atoms with Crippen molar-refractivity contribution >= 4 is 39.3 Å². The first-order valence-corrected chi connectivity index (χ1v) is 7.25. The summed E-state index contributed by atoms with van der Waals surface area (Å²) in [6.07, 6.45) is 1.70. The molecule has 0 fully saturated rings. The molecule has 2 rings (SSSR count). The van der Waals surface area contributed by atoms with Crippen LogP contribution in [0.15, 0.2) is 53.0 Å². The summed E-state index contributed by atoms with van der Waals surface area (Å²) in [6, 6.07) is 13.7. The molecule has 2 aromatic rings. The van der Waals surface area contributed by atoms with Crippen molar-refractivity contribution < 1.29 is 9.72 Å². The van der Waals surface area contributed by atoms with Gasteiger partial charge in [-0.2, -0.15) is 0 Å². The van der Waals surface area contributed by atoms with E-state index in [9.17, 15) is 14.9 Å². The van der Waals surface area contributed by atoms with E-state index in [0.717, 1.165) is 5.56 Å². The Balaban J connectivity index is 2.15. The number of hydrogen-bond acceptors (Lipinski definition) is 3. The number of carbonyl (C=O) groups excluding carboxylic acids is 1. The second-order valence-electron chi connectivity index (χ2n) is 4.61. The van der Waals surface area contributed by atoms with E-state index in [4.69, 9.17) is 0 Å². The van der Waals surface area contributed by atoms with Gasteiger partial charge in [-0.3, -0.25) is 14.9 Å². The zero-order chi connectivity index (χ0) is 16.1. The van der Waals surface area contributed by atoms with Crippen LogP contribution in [0.1, 0.15) is 11.1 Å². The number of amides is 1. The van der Waals surface area contributed by atoms with Crippen molar-refractivity contribution in [2.75, 3.05) is 5.32 Å². The number of anilines is 1. The molecule has 1 N–H and O–H groups in total. The van der Waals surface area contributed by atoms with Gasteiger partial charge in [0.1, 0.15) is 0 Å². The van der Waals surface area contributed by atoms with Gasteiger partial charge in [-0.05, 0) is 46.1 Å². The second kappa shape index (κ2) is 7.00. The lowest BCUT2D eigenvalue weighted by Crippen LogP contribution is -2.12. The highest BCUT2D eigenvalue weighted by atomic mass is 79.9. The number of carbonyl (C=O) groups is 1. The minimum absolute atomic E-state index is 0.00519. The Morgan fingerprint density at radius 2 is 1.91 bits per heavy atom. The molecule has 0 bridgehead atoms. The van der Waals surface area contributed by atoms with Crippen LogP contribution < -0.4 is 5.32 Å². The maximum Gasteiger partial charge on any atom is 0.269 e. The summed E-state index contributed by atoms with van der Waals surface area (Å²) in [4.78, 5) is 22.4. The summed E-state index contributed by atoms with van der Waals surface area (Å²) in [7, 11) is 0. The molecule has 112 valence electrons. The topological polar surface area (TPSA) is 72.2 Å². The average molecular weight is 361 g/mol. The lowest BCUT2D eigenvalue weighted by molar-refractivity contribution is -0.384. The van der Waals surface area contributed by atoms with Crippen LogP contribution in [0.25, 0.3) is 6.08 Å². The van der Waals surface area contributed by atoms with Gasteiger partial charge in [0.05, 0.1) is 9.41 Å². The third kappa shape index (κ3) is 4.02. The van der Waals surface area contributed by atoms with Crippen molar-refractivity contribution in [1.29, 1.82) is 0 Å². The first kappa shape index (κ1) is 15.9. The molecule has 0 aliphatic rings. The van der Waals surface area contributed by atoms with Crippen LogP contribution in [0.5, 0.6) is 0 Å². The summed E-state index contributed by atoms with van der Waals surface area (Å²) in [5, 5.41) is 13.4. The van der Waals surface area contributed by atoms with Crippen LogP contribution in [0.2, 0.25) is 0 Å². The van der Waals surface area contributed by atoms with Gasteiger partial charge < -0.3 is 5.32 Å². The Morgan fingerprint density at radius 1 is 1.23 bits per heavy atom. The van der Waals surface area contributed by atoms with Gasteiger partial charge in [0, 0.05) is 17.8 Å². The molecule has 5 nitrogen and oxygen atoms in total. The monoisotopic (exact) mass is 360 g/mol. The molecule has 0 saturated heterocycles. The van der Waals surface area contributed by atoms with Gasteiger partial charge in [0.25, 0.3) is 11.6 Å². The Bertz CT molecular complexity index is 742. The van der Waals surface area contributed by atoms with E-state index in [2.05, 4.69) is 21.2 Å². The molecule has 0 spiro atoms. The minimum Gasteiger partial charge on any atom is -0.321 e. The molecule has 22 heavy (non-hydrogen) atoms. The van der Waals surface area contributed by atoms with Crippen molar-refractivity contribution in [3.05, 3.63) is 74.3 Å². The normalized spacial score (nSPS) is 11.1. The molecule has 0 heterocycles. The molecule has 0 atom stereocenters. The van der Waals surface area contributed by atoms with E-state index >= 15 is 0 Å². The van der Waals surface area contributed by atoms with Crippen LogP contribution in [0.4, 0.5) is 11.4 Å². The Hall–Kier alpha value is -2.47. The van der Waals surface area contributed by atoms with Crippen molar-refractivity contribution in [3.8, 4) is 0 Å². The number of halogens is 1. The SMILES string of the molecule is Cc1cc([N+](=O)[O-])ccc1NC(=O)C(Br)=Cc1ccccc1. The fraction of sp³-hybridized carbons (Fsp3) is 0.0625. The molecule has 1 amide bonds. The van der Waals surface area contributed by atoms with Crippen LogP contribution in [0, 0.1) is 17.0 Å². The van der Waals surface area contributed by atoms with Crippen molar-refractivity contribution in [2.24, 2.45) is 0 Å². The molecule has 0 saturated carbocycles. The molecule has 0 aliphatic carbocycles. The predicted molar refractivity (Wildman–Crippen MR) is 89.8 cm³/mol. The van der Waals surface area contributed by atoms with Crippen molar-refractivity contribution in [3.63, 3.8) is 0 Å². The third-order valence-corrected chi connectivity index (χ3v) is 3.57. The second-order valence-corrected chi connectivity index (χ2v) is 5.47. The quantitative estimate of drug-likeness (QED) is 0.502. The molecule has 0 radical (unpaired) electrons. The number of hydrogen-bond donors (Lipinski definition) is 1. The molecule has 6 heteroatoms. The van der Waals surface area contributed by atoms with E-state index in [0.29, 0.717) is 15.7 Å². The highest BCUT2D eigenvalue weighted by molar-refractivity contribution is 9.12. The molecular weight excluding hydrogens is 348 g/mol. The molecule has 0 aliphatic heterocycles. The lowest BCUT2D eigenvalue weighted by atomic mass is 10.1. The number of nitrogens with one attached hydrogen (secondary N) is 1. The smallest absolute Gasteiger partial charge is 0.269 e. The van der Waals surface area contributed by atoms with Gasteiger partial charge in [-0.1, -0.05) is 30.3 Å². The lowest BCUT2D eigenvalue weighted by Gasteiger charge is -2.07. The fourth-order valence-electron chi connectivity index (χ4n) is 1.84. The summed E-state index contributed by atoms with van der Waals surface area (Å²) in [5.41, 5.74) is 2.05. The van der Waals surface area contributed by atoms with Gasteiger partial charge in [-0.15, -0.1) is 0 Å². The van der Waals surface area contributed by atoms with Crippen LogP contribution in [-0.2, 0) is 4.79 Å². The zero-order valence-electron chi connectivity index (χ0n) is 11.7. The summed E-state index contributed by atoms with van der Waals surface area (Å²) in [6.45, 7) is 1.71. The summed E-state index contributed by atoms with van der Waals surface area (Å²) < 4.78 is 0.372. The zero-order valence-corrected chi connectivity index (χ0v) is 13.3. The molecule has 0 aromatic heterocycles. The number of nitro benzene ring substituents is 1. The summed E-state index contributed by atoms with van der Waals surface area (Å²) in [5.74, 6) is -0.319. The molecular formula is C16H13BrN2O3. The maximum absolute atomic E-state index is 12.1. The van der Waals surface area contributed by atoms with Crippen molar-refractivity contribution in [1.82, 2.24) is 0 Å². The first-order chi connectivity index (χ1) is 10.5. The highest BCUT2D eigenvalue weighted by Crippen LogP contribution is 2.22. The highest BCUT2D eigenvalue weighted by Gasteiger charge is 2.12. The van der Waals surface area contributed by atoms with Gasteiger partial charge >= 0.3 is 0 Å². The minimum atomic E-state index is -0.468.